The van der Waals surface area contributed by atoms with E-state index in [1.54, 1.807) is 19.2 Å². The third-order valence-corrected chi connectivity index (χ3v) is 4.45. The largest absolute Gasteiger partial charge is 0.495 e. The molecular formula is C16H19NO4. The van der Waals surface area contributed by atoms with Crippen LogP contribution in [-0.2, 0) is 14.3 Å². The first-order chi connectivity index (χ1) is 10.1. The second-order valence-electron chi connectivity index (χ2n) is 5.69. The van der Waals surface area contributed by atoms with Gasteiger partial charge in [-0.05, 0) is 37.8 Å². The van der Waals surface area contributed by atoms with Gasteiger partial charge < -0.3 is 14.8 Å². The van der Waals surface area contributed by atoms with Gasteiger partial charge in [0.15, 0.2) is 0 Å². The van der Waals surface area contributed by atoms with Crippen molar-refractivity contribution in [1.82, 2.24) is 0 Å². The highest BCUT2D eigenvalue weighted by Gasteiger charge is 2.53. The number of esters is 1. The van der Waals surface area contributed by atoms with Crippen LogP contribution in [0, 0.1) is 5.92 Å². The quantitative estimate of drug-likeness (QED) is 0.868. The molecule has 0 bridgehead atoms. The summed E-state index contributed by atoms with van der Waals surface area (Å²) < 4.78 is 10.7. The molecule has 1 aliphatic carbocycles. The Morgan fingerprint density at radius 3 is 2.76 bits per heavy atom. The predicted molar refractivity (Wildman–Crippen MR) is 77.0 cm³/mol. The van der Waals surface area contributed by atoms with Crippen LogP contribution in [0.4, 0.5) is 5.69 Å². The van der Waals surface area contributed by atoms with Crippen LogP contribution in [-0.4, -0.2) is 24.6 Å². The summed E-state index contributed by atoms with van der Waals surface area (Å²) in [6.45, 7) is 0. The molecule has 1 saturated heterocycles. The Hall–Kier alpha value is -2.04. The van der Waals surface area contributed by atoms with Gasteiger partial charge in [-0.15, -0.1) is 0 Å². The Morgan fingerprint density at radius 2 is 2.05 bits per heavy atom. The molecule has 1 atom stereocenters. The van der Waals surface area contributed by atoms with Crippen LogP contribution in [0.3, 0.4) is 0 Å². The van der Waals surface area contributed by atoms with Crippen LogP contribution in [0.1, 0.15) is 32.1 Å². The lowest BCUT2D eigenvalue weighted by Crippen LogP contribution is -2.39. The normalized spacial score (nSPS) is 23.1. The van der Waals surface area contributed by atoms with Gasteiger partial charge in [0, 0.05) is 0 Å². The van der Waals surface area contributed by atoms with E-state index in [4.69, 9.17) is 9.47 Å². The van der Waals surface area contributed by atoms with Gasteiger partial charge in [0.1, 0.15) is 11.4 Å². The highest BCUT2D eigenvalue weighted by Crippen LogP contribution is 2.46. The molecule has 112 valence electrons. The maximum atomic E-state index is 12.6. The molecule has 5 nitrogen and oxygen atoms in total. The molecule has 0 unspecified atom stereocenters. The maximum absolute atomic E-state index is 12.6. The average molecular weight is 289 g/mol. The number of benzene rings is 1. The van der Waals surface area contributed by atoms with Gasteiger partial charge in [0.25, 0.3) is 0 Å². The van der Waals surface area contributed by atoms with Gasteiger partial charge in [0.2, 0.25) is 5.91 Å². The van der Waals surface area contributed by atoms with Crippen molar-refractivity contribution in [2.24, 2.45) is 5.92 Å². The van der Waals surface area contributed by atoms with Crippen molar-refractivity contribution in [2.45, 2.75) is 37.7 Å². The molecule has 1 N–H and O–H groups in total. The van der Waals surface area contributed by atoms with Crippen molar-refractivity contribution in [3.05, 3.63) is 24.3 Å². The third kappa shape index (κ3) is 2.48. The SMILES string of the molecule is COc1ccccc1NC(=O)[C@H]1CC(=O)OC12CCCC2. The lowest BCUT2D eigenvalue weighted by Gasteiger charge is -2.28. The number of hydrogen-bond acceptors (Lipinski definition) is 4. The van der Waals surface area contributed by atoms with Crippen molar-refractivity contribution in [1.29, 1.82) is 0 Å². The molecule has 1 aromatic rings. The molecule has 1 amide bonds. The van der Waals surface area contributed by atoms with Gasteiger partial charge in [-0.3, -0.25) is 9.59 Å². The Morgan fingerprint density at radius 1 is 1.33 bits per heavy atom. The van der Waals surface area contributed by atoms with E-state index in [-0.39, 0.29) is 18.3 Å². The topological polar surface area (TPSA) is 64.6 Å². The first-order valence-corrected chi connectivity index (χ1v) is 7.30. The smallest absolute Gasteiger partial charge is 0.307 e. The van der Waals surface area contributed by atoms with Crippen LogP contribution >= 0.6 is 0 Å². The zero-order chi connectivity index (χ0) is 14.9. The molecule has 1 aliphatic heterocycles. The van der Waals surface area contributed by atoms with Crippen LogP contribution in [0.15, 0.2) is 24.3 Å². The number of carbonyl (C=O) groups excluding carboxylic acids is 2. The number of rotatable bonds is 3. The fourth-order valence-corrected chi connectivity index (χ4v) is 3.42. The fraction of sp³-hybridized carbons (Fsp3) is 0.500. The number of hydrogen-bond donors (Lipinski definition) is 1. The molecular weight excluding hydrogens is 270 g/mol. The monoisotopic (exact) mass is 289 g/mol. The molecule has 0 aromatic heterocycles. The number of methoxy groups -OCH3 is 1. The predicted octanol–water partition coefficient (Wildman–Crippen LogP) is 2.51. The van der Waals surface area contributed by atoms with E-state index in [1.807, 2.05) is 12.1 Å². The Kier molecular flexibility index (Phi) is 3.57. The summed E-state index contributed by atoms with van der Waals surface area (Å²) >= 11 is 0. The zero-order valence-electron chi connectivity index (χ0n) is 12.1. The van der Waals surface area contributed by atoms with Crippen molar-refractivity contribution in [3.8, 4) is 5.75 Å². The zero-order valence-corrected chi connectivity index (χ0v) is 12.1. The van der Waals surface area contributed by atoms with Crippen LogP contribution in [0.25, 0.3) is 0 Å². The summed E-state index contributed by atoms with van der Waals surface area (Å²) in [4.78, 5) is 24.3. The first kappa shape index (κ1) is 13.9. The van der Waals surface area contributed by atoms with E-state index in [0.717, 1.165) is 25.7 Å². The molecule has 1 heterocycles. The standard InChI is InChI=1S/C16H19NO4/c1-20-13-7-3-2-6-12(13)17-15(19)11-10-14(18)21-16(11)8-4-5-9-16/h2-3,6-7,11H,4-5,8-10H2,1H3,(H,17,19)/t11-/m1/s1. The maximum Gasteiger partial charge on any atom is 0.307 e. The lowest BCUT2D eigenvalue weighted by atomic mass is 9.85. The minimum absolute atomic E-state index is 0.160. The van der Waals surface area contributed by atoms with Gasteiger partial charge >= 0.3 is 5.97 Å². The molecule has 1 aromatic carbocycles. The number of amides is 1. The minimum atomic E-state index is -0.580. The van der Waals surface area contributed by atoms with Crippen molar-refractivity contribution in [3.63, 3.8) is 0 Å². The van der Waals surface area contributed by atoms with E-state index < -0.39 is 11.5 Å². The Balaban J connectivity index is 1.80. The lowest BCUT2D eigenvalue weighted by molar-refractivity contribution is -0.149. The Bertz CT molecular complexity index is 563. The molecule has 3 rings (SSSR count). The van der Waals surface area contributed by atoms with E-state index in [2.05, 4.69) is 5.32 Å². The Labute approximate surface area is 123 Å². The molecule has 1 spiro atoms. The van der Waals surface area contributed by atoms with Crippen molar-refractivity contribution < 1.29 is 19.1 Å². The second kappa shape index (κ2) is 5.39. The first-order valence-electron chi connectivity index (χ1n) is 7.30. The number of nitrogens with one attached hydrogen (secondary N) is 1. The van der Waals surface area contributed by atoms with E-state index in [0.29, 0.717) is 11.4 Å². The molecule has 5 heteroatoms. The number of ether oxygens (including phenoxy) is 2. The molecule has 0 radical (unpaired) electrons. The summed E-state index contributed by atoms with van der Waals surface area (Å²) in [5.41, 5.74) is 0.0425. The van der Waals surface area contributed by atoms with Crippen LogP contribution < -0.4 is 10.1 Å². The van der Waals surface area contributed by atoms with Crippen LogP contribution in [0.5, 0.6) is 5.75 Å². The second-order valence-corrected chi connectivity index (χ2v) is 5.69. The highest BCUT2D eigenvalue weighted by atomic mass is 16.6. The third-order valence-electron chi connectivity index (χ3n) is 4.45. The minimum Gasteiger partial charge on any atom is -0.495 e. The van der Waals surface area contributed by atoms with Gasteiger partial charge in [-0.2, -0.15) is 0 Å². The summed E-state index contributed by atoms with van der Waals surface area (Å²) in [5, 5.41) is 2.88. The number of para-hydroxylation sites is 2. The summed E-state index contributed by atoms with van der Waals surface area (Å²) in [7, 11) is 1.56. The summed E-state index contributed by atoms with van der Waals surface area (Å²) in [6.07, 6.45) is 3.74. The number of carbonyl (C=O) groups is 2. The van der Waals surface area contributed by atoms with Gasteiger partial charge in [0.05, 0.1) is 25.1 Å². The fourth-order valence-electron chi connectivity index (χ4n) is 3.42. The molecule has 2 fully saturated rings. The van der Waals surface area contributed by atoms with E-state index in [1.165, 1.54) is 0 Å². The van der Waals surface area contributed by atoms with Crippen molar-refractivity contribution in [2.75, 3.05) is 12.4 Å². The molecule has 21 heavy (non-hydrogen) atoms. The molecule has 2 aliphatic rings. The van der Waals surface area contributed by atoms with Crippen molar-refractivity contribution >= 4 is 17.6 Å². The van der Waals surface area contributed by atoms with Gasteiger partial charge in [-0.25, -0.2) is 0 Å². The van der Waals surface area contributed by atoms with Crippen LogP contribution in [0.2, 0.25) is 0 Å². The van der Waals surface area contributed by atoms with Gasteiger partial charge in [-0.1, -0.05) is 12.1 Å². The molecule has 1 saturated carbocycles. The number of anilines is 1. The van der Waals surface area contributed by atoms with E-state index in [9.17, 15) is 9.59 Å². The summed E-state index contributed by atoms with van der Waals surface area (Å²) in [5.74, 6) is -0.224. The highest BCUT2D eigenvalue weighted by molar-refractivity contribution is 5.98. The average Bonchev–Trinajstić information content (AvgIpc) is 3.07. The summed E-state index contributed by atoms with van der Waals surface area (Å²) in [6, 6.07) is 7.25. The van der Waals surface area contributed by atoms with E-state index >= 15 is 0 Å².